The fourth-order valence-corrected chi connectivity index (χ4v) is 5.33. The van der Waals surface area contributed by atoms with Crippen molar-refractivity contribution >= 4 is 45.8 Å². The van der Waals surface area contributed by atoms with Crippen LogP contribution in [0.3, 0.4) is 0 Å². The number of hydrogen-bond donors (Lipinski definition) is 0. The first kappa shape index (κ1) is 33.3. The maximum absolute atomic E-state index is 14.1. The highest BCUT2D eigenvalue weighted by atomic mass is 79.9. The predicted molar refractivity (Wildman–Crippen MR) is 155 cm³/mol. The van der Waals surface area contributed by atoms with Crippen LogP contribution in [-0.2, 0) is 52.3 Å². The zero-order valence-corrected chi connectivity index (χ0v) is 26.0. The number of esters is 5. The van der Waals surface area contributed by atoms with Crippen molar-refractivity contribution in [3.8, 4) is 0 Å². The van der Waals surface area contributed by atoms with Crippen LogP contribution in [-0.4, -0.2) is 80.9 Å². The van der Waals surface area contributed by atoms with Gasteiger partial charge in [-0.15, -0.1) is 0 Å². The highest BCUT2D eigenvalue weighted by Gasteiger charge is 2.56. The van der Waals surface area contributed by atoms with E-state index in [9.17, 15) is 24.0 Å². The molecule has 238 valence electrons. The van der Waals surface area contributed by atoms with Gasteiger partial charge < -0.3 is 33.2 Å². The first-order valence-electron chi connectivity index (χ1n) is 14.4. The molecule has 4 rings (SSSR count). The average molecular weight is 680 g/mol. The monoisotopic (exact) mass is 678 g/mol. The lowest BCUT2D eigenvalue weighted by molar-refractivity contribution is -0.304. The first-order valence-corrected chi connectivity index (χ1v) is 15.2. The van der Waals surface area contributed by atoms with Crippen molar-refractivity contribution in [2.75, 3.05) is 20.3 Å². The van der Waals surface area contributed by atoms with Crippen LogP contribution in [0.5, 0.6) is 0 Å². The van der Waals surface area contributed by atoms with Gasteiger partial charge in [-0.1, -0.05) is 40.2 Å². The minimum atomic E-state index is -1.78. The molecule has 6 atom stereocenters. The van der Waals surface area contributed by atoms with E-state index in [-0.39, 0.29) is 50.7 Å². The van der Waals surface area contributed by atoms with Gasteiger partial charge in [0.25, 0.3) is 0 Å². The highest BCUT2D eigenvalue weighted by Crippen LogP contribution is 2.37. The summed E-state index contributed by atoms with van der Waals surface area (Å²) in [5, 5.41) is 0. The van der Waals surface area contributed by atoms with Crippen molar-refractivity contribution in [2.45, 2.75) is 76.2 Å². The average Bonchev–Trinajstić information content (AvgIpc) is 2.99. The Labute approximate surface area is 263 Å². The molecule has 3 aliphatic heterocycles. The number of methoxy groups -OCH3 is 1. The molecule has 0 saturated carbocycles. The summed E-state index contributed by atoms with van der Waals surface area (Å²) in [6.45, 7) is 1.22. The molecule has 0 amide bonds. The number of carbonyl (C=O) groups is 5. The molecule has 44 heavy (non-hydrogen) atoms. The Morgan fingerprint density at radius 2 is 1.48 bits per heavy atom. The molecule has 1 fully saturated rings. The van der Waals surface area contributed by atoms with Gasteiger partial charge in [-0.05, 0) is 56.9 Å². The SMILES string of the molecule is CCOC(=O)[C@]12CC=CCCC(=O)O[C@H]3[C@@H](OC)O[C@H](COC(=O)c4ccc(Br)cc4)[C@@H](OC(=O)CCC=CC1)[C@@H]3OC2=O. The minimum Gasteiger partial charge on any atom is -0.465 e. The summed E-state index contributed by atoms with van der Waals surface area (Å²) in [5.74, 6) is -3.74. The van der Waals surface area contributed by atoms with Gasteiger partial charge in [0.05, 0.1) is 12.2 Å². The molecule has 0 aromatic heterocycles. The summed E-state index contributed by atoms with van der Waals surface area (Å²) in [5.41, 5.74) is -1.53. The van der Waals surface area contributed by atoms with Crippen LogP contribution in [0.2, 0.25) is 0 Å². The second-order valence-corrected chi connectivity index (χ2v) is 11.3. The van der Waals surface area contributed by atoms with Crippen molar-refractivity contribution in [3.05, 3.63) is 58.6 Å². The van der Waals surface area contributed by atoms with E-state index in [4.69, 9.17) is 33.2 Å². The Kier molecular flexibility index (Phi) is 11.7. The molecule has 1 aromatic carbocycles. The van der Waals surface area contributed by atoms with Crippen molar-refractivity contribution < 1.29 is 57.1 Å². The summed E-state index contributed by atoms with van der Waals surface area (Å²) in [6.07, 6.45) is 0.111. The molecule has 0 radical (unpaired) electrons. The number of carbonyl (C=O) groups excluding carboxylic acids is 5. The molecule has 2 bridgehead atoms. The third-order valence-electron chi connectivity index (χ3n) is 7.41. The number of ether oxygens (including phenoxy) is 7. The van der Waals surface area contributed by atoms with Crippen LogP contribution < -0.4 is 0 Å². The van der Waals surface area contributed by atoms with E-state index >= 15 is 0 Å². The van der Waals surface area contributed by atoms with E-state index in [1.165, 1.54) is 7.11 Å². The zero-order chi connectivity index (χ0) is 31.7. The van der Waals surface area contributed by atoms with Crippen molar-refractivity contribution in [1.82, 2.24) is 0 Å². The fraction of sp³-hybridized carbons (Fsp3) is 0.516. The van der Waals surface area contributed by atoms with Crippen molar-refractivity contribution in [1.29, 1.82) is 0 Å². The van der Waals surface area contributed by atoms with E-state index in [0.717, 1.165) is 4.47 Å². The van der Waals surface area contributed by atoms with E-state index in [2.05, 4.69) is 15.9 Å². The van der Waals surface area contributed by atoms with E-state index in [1.54, 1.807) is 55.5 Å². The predicted octanol–water partition coefficient (Wildman–Crippen LogP) is 3.74. The van der Waals surface area contributed by atoms with Crippen LogP contribution in [0.25, 0.3) is 0 Å². The number of rotatable bonds is 6. The second kappa shape index (κ2) is 15.4. The summed E-state index contributed by atoms with van der Waals surface area (Å²) in [7, 11) is 1.29. The Morgan fingerprint density at radius 1 is 0.864 bits per heavy atom. The molecular formula is C31H35BrO12. The van der Waals surface area contributed by atoms with Crippen LogP contribution in [0.4, 0.5) is 0 Å². The molecule has 3 aliphatic rings. The van der Waals surface area contributed by atoms with Gasteiger partial charge in [0, 0.05) is 24.4 Å². The highest BCUT2D eigenvalue weighted by molar-refractivity contribution is 9.10. The van der Waals surface area contributed by atoms with E-state index < -0.39 is 72.6 Å². The summed E-state index contributed by atoms with van der Waals surface area (Å²) in [4.78, 5) is 66.1. The second-order valence-electron chi connectivity index (χ2n) is 10.4. The Morgan fingerprint density at radius 3 is 2.07 bits per heavy atom. The summed E-state index contributed by atoms with van der Waals surface area (Å²) >= 11 is 3.31. The number of allylic oxidation sites excluding steroid dienone is 4. The largest absolute Gasteiger partial charge is 0.465 e. The maximum Gasteiger partial charge on any atom is 0.338 e. The minimum absolute atomic E-state index is 0.0244. The molecule has 13 heteroatoms. The Hall–Kier alpha value is -3.55. The molecule has 0 unspecified atom stereocenters. The summed E-state index contributed by atoms with van der Waals surface area (Å²) < 4.78 is 40.6. The molecule has 12 nitrogen and oxygen atoms in total. The topological polar surface area (TPSA) is 150 Å². The maximum atomic E-state index is 14.1. The number of benzene rings is 1. The van der Waals surface area contributed by atoms with Gasteiger partial charge >= 0.3 is 29.8 Å². The van der Waals surface area contributed by atoms with Crippen LogP contribution in [0, 0.1) is 5.41 Å². The lowest BCUT2D eigenvalue weighted by Gasteiger charge is -2.45. The number of halogens is 1. The number of hydrogen-bond acceptors (Lipinski definition) is 12. The molecular weight excluding hydrogens is 644 g/mol. The fourth-order valence-electron chi connectivity index (χ4n) is 5.07. The zero-order valence-electron chi connectivity index (χ0n) is 24.4. The summed E-state index contributed by atoms with van der Waals surface area (Å²) in [6, 6.07) is 6.46. The molecule has 0 N–H and O–H groups in total. The molecule has 1 aromatic rings. The van der Waals surface area contributed by atoms with Crippen molar-refractivity contribution in [3.63, 3.8) is 0 Å². The first-order chi connectivity index (χ1) is 21.2. The van der Waals surface area contributed by atoms with Gasteiger partial charge in [-0.2, -0.15) is 0 Å². The van der Waals surface area contributed by atoms with Gasteiger partial charge in [0.15, 0.2) is 30.0 Å². The van der Waals surface area contributed by atoms with Crippen LogP contribution in [0.1, 0.15) is 55.8 Å². The van der Waals surface area contributed by atoms with Gasteiger partial charge in [-0.25, -0.2) is 4.79 Å². The van der Waals surface area contributed by atoms with Crippen molar-refractivity contribution in [2.24, 2.45) is 5.41 Å². The lowest BCUT2D eigenvalue weighted by atomic mass is 9.80. The third kappa shape index (κ3) is 7.93. The lowest BCUT2D eigenvalue weighted by Crippen LogP contribution is -2.63. The number of fused-ring (bicyclic) bond motifs is 2. The Balaban J connectivity index is 1.76. The molecule has 1 saturated heterocycles. The van der Waals surface area contributed by atoms with E-state index in [0.29, 0.717) is 0 Å². The van der Waals surface area contributed by atoms with E-state index in [1.807, 2.05) is 0 Å². The molecule has 0 spiro atoms. The van der Waals surface area contributed by atoms with Gasteiger partial charge in [0.2, 0.25) is 0 Å². The molecule has 0 aliphatic carbocycles. The smallest absolute Gasteiger partial charge is 0.338 e. The van der Waals surface area contributed by atoms with Gasteiger partial charge in [-0.3, -0.25) is 19.2 Å². The van der Waals surface area contributed by atoms with Crippen LogP contribution in [0.15, 0.2) is 53.0 Å². The Bertz CT molecular complexity index is 1270. The quantitative estimate of drug-likeness (QED) is 0.187. The standard InChI is InChI=1S/C31H35BrO12/c1-3-39-29(36)31-16-8-4-6-10-22(33)42-24-21(18-40-27(35)19-12-14-20(32)15-13-19)41-28(38-2)26(25(24)44-30(31)37)43-23(34)11-7-5-9-17-31/h4-5,8-9,12-15,21,24-26,28H,3,6-7,10-11,16-18H2,1-2H3/t21-,24-,25+,26-,28+,31-/m1/s1. The third-order valence-corrected chi connectivity index (χ3v) is 7.94. The molecule has 3 heterocycles. The van der Waals surface area contributed by atoms with Crippen LogP contribution >= 0.6 is 15.9 Å². The normalized spacial score (nSPS) is 29.4. The van der Waals surface area contributed by atoms with Gasteiger partial charge in [0.1, 0.15) is 12.7 Å².